The van der Waals surface area contributed by atoms with E-state index < -0.39 is 0 Å². The molecule has 1 saturated heterocycles. The zero-order valence-corrected chi connectivity index (χ0v) is 24.4. The van der Waals surface area contributed by atoms with Gasteiger partial charge in [-0.05, 0) is 67.2 Å². The Kier molecular flexibility index (Phi) is 11.4. The number of nitrogens with zero attached hydrogens (tertiary/aromatic N) is 1. The number of aryl methyl sites for hydroxylation is 1. The van der Waals surface area contributed by atoms with E-state index in [0.29, 0.717) is 31.5 Å². The molecular formula is C33H47NO4. The Balaban J connectivity index is 1.83. The molecule has 2 aromatic carbocycles. The predicted octanol–water partition coefficient (Wildman–Crippen LogP) is 7.41. The second-order valence-electron chi connectivity index (χ2n) is 11.4. The molecule has 4 atom stereocenters. The molecule has 5 heteroatoms. The minimum atomic E-state index is -0.250. The van der Waals surface area contributed by atoms with Crippen LogP contribution in [0.1, 0.15) is 76.6 Å². The minimum Gasteiger partial charge on any atom is -0.493 e. The molecule has 1 unspecified atom stereocenters. The monoisotopic (exact) mass is 521 g/mol. The quantitative estimate of drug-likeness (QED) is 0.148. The van der Waals surface area contributed by atoms with Gasteiger partial charge in [-0.1, -0.05) is 70.2 Å². The topological polar surface area (TPSA) is 57.1 Å². The summed E-state index contributed by atoms with van der Waals surface area (Å²) < 4.78 is 17.2. The molecule has 0 radical (unpaired) electrons. The number of hydrogen-bond acceptors (Lipinski definition) is 5. The third kappa shape index (κ3) is 8.42. The number of methoxy groups -OCH3 is 1. The number of benzene rings is 2. The molecule has 0 spiro atoms. The fourth-order valence-electron chi connectivity index (χ4n) is 5.10. The first-order valence-corrected chi connectivity index (χ1v) is 14.2. The van der Waals surface area contributed by atoms with Gasteiger partial charge in [0, 0.05) is 26.6 Å². The smallest absolute Gasteiger partial charge is 0.310 e. The van der Waals surface area contributed by atoms with E-state index in [-0.39, 0.29) is 30.0 Å². The van der Waals surface area contributed by atoms with Crippen molar-refractivity contribution in [3.63, 3.8) is 0 Å². The van der Waals surface area contributed by atoms with Crippen LogP contribution in [0.2, 0.25) is 0 Å². The molecule has 5 nitrogen and oxygen atoms in total. The lowest BCUT2D eigenvalue weighted by Crippen LogP contribution is -2.27. The van der Waals surface area contributed by atoms with E-state index in [1.165, 1.54) is 11.1 Å². The second-order valence-corrected chi connectivity index (χ2v) is 11.4. The van der Waals surface area contributed by atoms with Crippen molar-refractivity contribution >= 4 is 11.7 Å². The van der Waals surface area contributed by atoms with Gasteiger partial charge in [0.05, 0.1) is 24.3 Å². The Bertz CT molecular complexity index is 1050. The molecule has 0 aliphatic carbocycles. The zero-order chi connectivity index (χ0) is 27.7. The highest BCUT2D eigenvalue weighted by molar-refractivity contribution is 5.93. The maximum atomic E-state index is 12.7. The van der Waals surface area contributed by atoms with Crippen molar-refractivity contribution in [1.29, 1.82) is 0 Å². The first kappa shape index (κ1) is 29.9. The van der Waals surface area contributed by atoms with E-state index in [1.54, 1.807) is 7.11 Å². The van der Waals surface area contributed by atoms with Crippen molar-refractivity contribution in [2.75, 3.05) is 20.3 Å². The summed E-state index contributed by atoms with van der Waals surface area (Å²) in [7, 11) is 1.71. The molecule has 0 aromatic heterocycles. The molecule has 0 bridgehead atoms. The normalized spacial score (nSPS) is 19.6. The van der Waals surface area contributed by atoms with Crippen LogP contribution in [-0.4, -0.2) is 38.1 Å². The summed E-state index contributed by atoms with van der Waals surface area (Å²) in [5.74, 6) is 1.85. The lowest BCUT2D eigenvalue weighted by molar-refractivity contribution is -0.143. The molecule has 38 heavy (non-hydrogen) atoms. The van der Waals surface area contributed by atoms with E-state index in [4.69, 9.17) is 19.2 Å². The fraction of sp³-hybridized carbons (Fsp3) is 0.576. The molecular weight excluding hydrogens is 474 g/mol. The molecule has 3 rings (SSSR count). The van der Waals surface area contributed by atoms with E-state index in [2.05, 4.69) is 84.0 Å². The summed E-state index contributed by atoms with van der Waals surface area (Å²) >= 11 is 0. The summed E-state index contributed by atoms with van der Waals surface area (Å²) in [6, 6.07) is 16.9. The Hall–Kier alpha value is -2.66. The van der Waals surface area contributed by atoms with Crippen LogP contribution in [0.5, 0.6) is 5.75 Å². The van der Waals surface area contributed by atoms with Crippen LogP contribution in [0.3, 0.4) is 0 Å². The number of carbonyl (C=O) groups is 1. The summed E-state index contributed by atoms with van der Waals surface area (Å²) in [5, 5.41) is 0. The maximum Gasteiger partial charge on any atom is 0.310 e. The van der Waals surface area contributed by atoms with Crippen molar-refractivity contribution in [3.05, 3.63) is 65.2 Å². The van der Waals surface area contributed by atoms with E-state index >= 15 is 0 Å². The molecule has 1 fully saturated rings. The molecule has 2 aromatic rings. The minimum absolute atomic E-state index is 0.00212. The molecule has 0 saturated carbocycles. The van der Waals surface area contributed by atoms with Crippen LogP contribution < -0.4 is 4.74 Å². The third-order valence-corrected chi connectivity index (χ3v) is 7.76. The Morgan fingerprint density at radius 3 is 2.42 bits per heavy atom. The summed E-state index contributed by atoms with van der Waals surface area (Å²) in [5.41, 5.74) is 4.59. The lowest BCUT2D eigenvalue weighted by atomic mass is 9.82. The summed E-state index contributed by atoms with van der Waals surface area (Å²) in [4.78, 5) is 17.9. The average Bonchev–Trinajstić information content (AvgIpc) is 3.29. The van der Waals surface area contributed by atoms with Gasteiger partial charge >= 0.3 is 5.97 Å². The first-order valence-electron chi connectivity index (χ1n) is 14.2. The van der Waals surface area contributed by atoms with Gasteiger partial charge in [-0.2, -0.15) is 0 Å². The first-order chi connectivity index (χ1) is 18.2. The largest absolute Gasteiger partial charge is 0.493 e. The molecule has 0 amide bonds. The third-order valence-electron chi connectivity index (χ3n) is 7.76. The number of carbonyl (C=O) groups excluding carboxylic acids is 1. The van der Waals surface area contributed by atoms with Gasteiger partial charge in [-0.15, -0.1) is 0 Å². The molecule has 1 aliphatic rings. The van der Waals surface area contributed by atoms with Crippen LogP contribution in [0.15, 0.2) is 53.5 Å². The van der Waals surface area contributed by atoms with Crippen LogP contribution in [0.25, 0.3) is 0 Å². The van der Waals surface area contributed by atoms with Crippen LogP contribution in [0.4, 0.5) is 0 Å². The fourth-order valence-corrected chi connectivity index (χ4v) is 5.10. The van der Waals surface area contributed by atoms with Crippen LogP contribution in [0, 0.1) is 30.6 Å². The zero-order valence-electron chi connectivity index (χ0n) is 24.4. The highest BCUT2D eigenvalue weighted by Crippen LogP contribution is 2.33. The van der Waals surface area contributed by atoms with Gasteiger partial charge in [0.2, 0.25) is 0 Å². The highest BCUT2D eigenvalue weighted by Gasteiger charge is 2.39. The van der Waals surface area contributed by atoms with Crippen LogP contribution in [-0.2, 0) is 20.7 Å². The number of cyclic esters (lactones) is 1. The van der Waals surface area contributed by atoms with Gasteiger partial charge in [-0.25, -0.2) is 0 Å². The SMILES string of the molecule is COCCCOc1cc(C[C@@H](CC(=N[C@@H](C)c2ccccc2)C2C[C@@H](C(C)C)C(=O)O2)C(C)C)ccc1C. The molecule has 1 heterocycles. The molecule has 208 valence electrons. The van der Waals surface area contributed by atoms with Gasteiger partial charge < -0.3 is 14.2 Å². The predicted molar refractivity (Wildman–Crippen MR) is 155 cm³/mol. The second kappa shape index (κ2) is 14.5. The standard InChI is InChI=1S/C33H47NO4/c1-22(2)28(18-26-15-14-24(5)31(19-26)37-17-11-16-36-7)20-30(32-21-29(23(3)4)33(35)38-32)34-25(6)27-12-9-8-10-13-27/h8-10,12-15,19,22-23,25,28-29,32H,11,16-18,20-21H2,1-7H3/t25-,28-,29-,32?/m0/s1. The molecule has 0 N–H and O–H groups in total. The Morgan fingerprint density at radius 1 is 1.05 bits per heavy atom. The number of aliphatic imine (C=N–C) groups is 1. The van der Waals surface area contributed by atoms with Gasteiger partial charge in [0.15, 0.2) is 0 Å². The number of esters is 1. The van der Waals surface area contributed by atoms with Crippen molar-refractivity contribution in [2.24, 2.45) is 28.7 Å². The summed E-state index contributed by atoms with van der Waals surface area (Å²) in [6.07, 6.45) is 3.05. The maximum absolute atomic E-state index is 12.7. The van der Waals surface area contributed by atoms with Gasteiger partial charge in [0.25, 0.3) is 0 Å². The number of ether oxygens (including phenoxy) is 3. The lowest BCUT2D eigenvalue weighted by Gasteiger charge is -2.25. The van der Waals surface area contributed by atoms with E-state index in [9.17, 15) is 4.79 Å². The van der Waals surface area contributed by atoms with Gasteiger partial charge in [-0.3, -0.25) is 9.79 Å². The average molecular weight is 522 g/mol. The Morgan fingerprint density at radius 2 is 1.79 bits per heavy atom. The van der Waals surface area contributed by atoms with Crippen LogP contribution >= 0.6 is 0 Å². The van der Waals surface area contributed by atoms with Gasteiger partial charge in [0.1, 0.15) is 11.9 Å². The Labute approximate surface area is 230 Å². The van der Waals surface area contributed by atoms with E-state index in [0.717, 1.165) is 36.3 Å². The highest BCUT2D eigenvalue weighted by atomic mass is 16.6. The van der Waals surface area contributed by atoms with Crippen molar-refractivity contribution < 1.29 is 19.0 Å². The number of hydrogen-bond donors (Lipinski definition) is 0. The summed E-state index contributed by atoms with van der Waals surface area (Å²) in [6.45, 7) is 14.3. The van der Waals surface area contributed by atoms with Crippen molar-refractivity contribution in [2.45, 2.75) is 79.4 Å². The number of rotatable bonds is 14. The molecule has 1 aliphatic heterocycles. The van der Waals surface area contributed by atoms with Crippen molar-refractivity contribution in [1.82, 2.24) is 0 Å². The van der Waals surface area contributed by atoms with E-state index in [1.807, 2.05) is 6.07 Å². The van der Waals surface area contributed by atoms with Crippen molar-refractivity contribution in [3.8, 4) is 5.75 Å².